The minimum atomic E-state index is -0.247. The second-order valence-electron chi connectivity index (χ2n) is 6.93. The summed E-state index contributed by atoms with van der Waals surface area (Å²) in [5.41, 5.74) is 2.92. The maximum absolute atomic E-state index is 14.2. The first-order chi connectivity index (χ1) is 13.1. The molecule has 4 rings (SSSR count). The fraction of sp³-hybridized carbons (Fsp3) is 0.300. The van der Waals surface area contributed by atoms with Crippen LogP contribution in [-0.2, 0) is 6.54 Å². The molecule has 140 valence electrons. The van der Waals surface area contributed by atoms with Crippen molar-refractivity contribution in [1.82, 2.24) is 14.9 Å². The van der Waals surface area contributed by atoms with E-state index in [1.54, 1.807) is 18.5 Å². The van der Waals surface area contributed by atoms with Crippen LogP contribution in [0.4, 0.5) is 15.8 Å². The Labute approximate surface area is 156 Å². The minimum absolute atomic E-state index is 0.199. The molecule has 7 heteroatoms. The van der Waals surface area contributed by atoms with E-state index in [0.29, 0.717) is 17.7 Å². The Morgan fingerprint density at radius 2 is 2.00 bits per heavy atom. The van der Waals surface area contributed by atoms with Crippen molar-refractivity contribution < 1.29 is 4.39 Å². The number of rotatable bonds is 4. The van der Waals surface area contributed by atoms with E-state index >= 15 is 0 Å². The van der Waals surface area contributed by atoms with Gasteiger partial charge in [-0.15, -0.1) is 0 Å². The number of aromatic nitrogens is 2. The topological polar surface area (TPSA) is 64.3 Å². The van der Waals surface area contributed by atoms with Crippen LogP contribution in [0.5, 0.6) is 0 Å². The number of hydrogen-bond donors (Lipinski definition) is 2. The highest BCUT2D eigenvalue weighted by molar-refractivity contribution is 5.90. The second kappa shape index (κ2) is 7.36. The van der Waals surface area contributed by atoms with E-state index in [1.165, 1.54) is 12.1 Å². The van der Waals surface area contributed by atoms with Gasteiger partial charge in [-0.25, -0.2) is 4.39 Å². The number of benzene rings is 1. The number of fused-ring (bicyclic) bond motifs is 1. The maximum Gasteiger partial charge on any atom is 0.250 e. The first kappa shape index (κ1) is 17.5. The largest absolute Gasteiger partial charge is 0.380 e. The molecule has 0 unspecified atom stereocenters. The molecular formula is C20H22FN5O. The summed E-state index contributed by atoms with van der Waals surface area (Å²) in [6.07, 6.45) is 3.30. The van der Waals surface area contributed by atoms with Crippen molar-refractivity contribution in [2.75, 3.05) is 43.4 Å². The van der Waals surface area contributed by atoms with Crippen molar-refractivity contribution in [2.45, 2.75) is 6.54 Å². The Bertz CT molecular complexity index is 1010. The molecule has 0 amide bonds. The lowest BCUT2D eigenvalue weighted by Gasteiger charge is -2.34. The highest BCUT2D eigenvalue weighted by atomic mass is 19.1. The molecule has 3 aromatic rings. The molecule has 0 saturated carbocycles. The quantitative estimate of drug-likeness (QED) is 0.742. The molecule has 0 spiro atoms. The lowest BCUT2D eigenvalue weighted by Crippen LogP contribution is -2.44. The molecule has 1 aromatic carbocycles. The van der Waals surface area contributed by atoms with E-state index in [4.69, 9.17) is 0 Å². The zero-order valence-corrected chi connectivity index (χ0v) is 15.2. The summed E-state index contributed by atoms with van der Waals surface area (Å²) >= 11 is 0. The van der Waals surface area contributed by atoms with Crippen LogP contribution in [0, 0.1) is 5.82 Å². The summed E-state index contributed by atoms with van der Waals surface area (Å²) < 4.78 is 14.2. The molecule has 2 N–H and O–H groups in total. The number of piperazine rings is 1. The summed E-state index contributed by atoms with van der Waals surface area (Å²) in [5.74, 6) is -0.247. The Balaban J connectivity index is 1.56. The minimum Gasteiger partial charge on any atom is -0.380 e. The number of nitrogens with one attached hydrogen (secondary N) is 2. The van der Waals surface area contributed by atoms with E-state index in [2.05, 4.69) is 32.1 Å². The van der Waals surface area contributed by atoms with Gasteiger partial charge in [-0.05, 0) is 36.9 Å². The Morgan fingerprint density at radius 1 is 1.19 bits per heavy atom. The zero-order valence-electron chi connectivity index (χ0n) is 15.2. The van der Waals surface area contributed by atoms with Crippen LogP contribution in [0.1, 0.15) is 5.56 Å². The molecule has 3 heterocycles. The van der Waals surface area contributed by atoms with Crippen molar-refractivity contribution in [2.24, 2.45) is 0 Å². The fourth-order valence-corrected chi connectivity index (χ4v) is 3.43. The Kier molecular flexibility index (Phi) is 4.77. The molecular weight excluding hydrogens is 345 g/mol. The molecule has 2 aromatic heterocycles. The average Bonchev–Trinajstić information content (AvgIpc) is 2.66. The van der Waals surface area contributed by atoms with Gasteiger partial charge in [0.2, 0.25) is 0 Å². The van der Waals surface area contributed by atoms with Crippen molar-refractivity contribution in [3.05, 3.63) is 64.5 Å². The van der Waals surface area contributed by atoms with Gasteiger partial charge in [-0.1, -0.05) is 0 Å². The molecule has 27 heavy (non-hydrogen) atoms. The standard InChI is InChI=1S/C20H22FN5O/c1-25-4-6-26(7-5-25)16-9-14(8-15(21)10-16)12-23-18-11-20(27)24-19-13-22-3-2-17(18)19/h2-3,8-11,13H,4-7,12H2,1H3,(H2,23,24,27). The predicted octanol–water partition coefficient (Wildman–Crippen LogP) is 2.43. The monoisotopic (exact) mass is 367 g/mol. The molecule has 1 aliphatic heterocycles. The summed E-state index contributed by atoms with van der Waals surface area (Å²) in [4.78, 5) is 23.1. The van der Waals surface area contributed by atoms with Gasteiger partial charge in [-0.2, -0.15) is 0 Å². The summed E-state index contributed by atoms with van der Waals surface area (Å²) in [5, 5.41) is 4.14. The first-order valence-electron chi connectivity index (χ1n) is 9.02. The molecule has 0 aliphatic carbocycles. The van der Waals surface area contributed by atoms with Gasteiger partial charge in [0, 0.05) is 61.7 Å². The SMILES string of the molecule is CN1CCN(c2cc(F)cc(CNc3cc(=O)[nH]c4cnccc34)c2)CC1. The lowest BCUT2D eigenvalue weighted by molar-refractivity contribution is 0.312. The number of aromatic amines is 1. The van der Waals surface area contributed by atoms with E-state index < -0.39 is 0 Å². The van der Waals surface area contributed by atoms with Crippen molar-refractivity contribution >= 4 is 22.3 Å². The van der Waals surface area contributed by atoms with Crippen LogP contribution in [0.25, 0.3) is 10.9 Å². The molecule has 0 radical (unpaired) electrons. The molecule has 0 bridgehead atoms. The smallest absolute Gasteiger partial charge is 0.250 e. The third-order valence-corrected chi connectivity index (χ3v) is 4.94. The van der Waals surface area contributed by atoms with Crippen LogP contribution in [-0.4, -0.2) is 48.1 Å². The van der Waals surface area contributed by atoms with Crippen LogP contribution >= 0.6 is 0 Å². The maximum atomic E-state index is 14.2. The molecule has 1 saturated heterocycles. The van der Waals surface area contributed by atoms with Gasteiger partial charge < -0.3 is 20.1 Å². The summed E-state index contributed by atoms with van der Waals surface area (Å²) in [6, 6.07) is 8.49. The molecule has 6 nitrogen and oxygen atoms in total. The van der Waals surface area contributed by atoms with E-state index in [0.717, 1.165) is 42.8 Å². The number of anilines is 2. The van der Waals surface area contributed by atoms with E-state index in [9.17, 15) is 9.18 Å². The summed E-state index contributed by atoms with van der Waals surface area (Å²) in [7, 11) is 2.10. The van der Waals surface area contributed by atoms with Crippen molar-refractivity contribution in [1.29, 1.82) is 0 Å². The van der Waals surface area contributed by atoms with Crippen LogP contribution in [0.3, 0.4) is 0 Å². The second-order valence-corrected chi connectivity index (χ2v) is 6.93. The Morgan fingerprint density at radius 3 is 2.81 bits per heavy atom. The number of pyridine rings is 2. The first-order valence-corrected chi connectivity index (χ1v) is 9.02. The van der Waals surface area contributed by atoms with Gasteiger partial charge in [-0.3, -0.25) is 9.78 Å². The number of hydrogen-bond acceptors (Lipinski definition) is 5. The van der Waals surface area contributed by atoms with Gasteiger partial charge in [0.05, 0.1) is 11.7 Å². The normalized spacial score (nSPS) is 15.3. The highest BCUT2D eigenvalue weighted by Crippen LogP contribution is 2.23. The van der Waals surface area contributed by atoms with Gasteiger partial charge in [0.25, 0.3) is 5.56 Å². The van der Waals surface area contributed by atoms with E-state index in [-0.39, 0.29) is 11.4 Å². The van der Waals surface area contributed by atoms with Crippen LogP contribution in [0.2, 0.25) is 0 Å². The van der Waals surface area contributed by atoms with Crippen molar-refractivity contribution in [3.63, 3.8) is 0 Å². The number of likely N-dealkylation sites (N-methyl/N-ethyl adjacent to an activating group) is 1. The van der Waals surface area contributed by atoms with Crippen LogP contribution < -0.4 is 15.8 Å². The van der Waals surface area contributed by atoms with Gasteiger partial charge >= 0.3 is 0 Å². The Hall–Kier alpha value is -2.93. The van der Waals surface area contributed by atoms with Gasteiger partial charge in [0.15, 0.2) is 0 Å². The number of nitrogens with zero attached hydrogens (tertiary/aromatic N) is 3. The molecule has 1 aliphatic rings. The summed E-state index contributed by atoms with van der Waals surface area (Å²) in [6.45, 7) is 4.14. The lowest BCUT2D eigenvalue weighted by atomic mass is 10.1. The highest BCUT2D eigenvalue weighted by Gasteiger charge is 2.15. The third kappa shape index (κ3) is 3.93. The third-order valence-electron chi connectivity index (χ3n) is 4.94. The fourth-order valence-electron chi connectivity index (χ4n) is 3.43. The molecule has 0 atom stereocenters. The number of halogens is 1. The van der Waals surface area contributed by atoms with Crippen LogP contribution in [0.15, 0.2) is 47.5 Å². The predicted molar refractivity (Wildman–Crippen MR) is 106 cm³/mol. The zero-order chi connectivity index (χ0) is 18.8. The average molecular weight is 367 g/mol. The van der Waals surface area contributed by atoms with Gasteiger partial charge in [0.1, 0.15) is 5.82 Å². The molecule has 1 fully saturated rings. The van der Waals surface area contributed by atoms with E-state index in [1.807, 2.05) is 12.1 Å². The van der Waals surface area contributed by atoms with Crippen molar-refractivity contribution in [3.8, 4) is 0 Å². The number of H-pyrrole nitrogens is 1.